The standard InChI is InChI=1S/C14H15F2N5O/c15-14(16)6-12(14)21-4-1-10(19-21)8-20-3-2-11-9(7-20)5-13(22)18-17-11/h1,4-5,12H,2-3,6-8H2,(H,18,22). The van der Waals surface area contributed by atoms with E-state index in [1.165, 1.54) is 4.68 Å². The number of rotatable bonds is 3. The summed E-state index contributed by atoms with van der Waals surface area (Å²) < 4.78 is 27.4. The van der Waals surface area contributed by atoms with Crippen LogP contribution in [0.15, 0.2) is 23.1 Å². The van der Waals surface area contributed by atoms with Gasteiger partial charge in [0.2, 0.25) is 0 Å². The summed E-state index contributed by atoms with van der Waals surface area (Å²) in [5.41, 5.74) is 2.40. The number of nitrogens with zero attached hydrogens (tertiary/aromatic N) is 4. The van der Waals surface area contributed by atoms with Crippen molar-refractivity contribution < 1.29 is 8.78 Å². The summed E-state index contributed by atoms with van der Waals surface area (Å²) in [4.78, 5) is 13.5. The quantitative estimate of drug-likeness (QED) is 0.922. The van der Waals surface area contributed by atoms with Crippen LogP contribution in [0.3, 0.4) is 0 Å². The Kier molecular flexibility index (Phi) is 2.90. The predicted molar refractivity (Wildman–Crippen MR) is 73.5 cm³/mol. The summed E-state index contributed by atoms with van der Waals surface area (Å²) in [5, 5.41) is 10.7. The van der Waals surface area contributed by atoms with E-state index in [9.17, 15) is 13.6 Å². The molecule has 1 aliphatic heterocycles. The van der Waals surface area contributed by atoms with Gasteiger partial charge in [0, 0.05) is 44.7 Å². The van der Waals surface area contributed by atoms with Gasteiger partial charge in [-0.05, 0) is 11.6 Å². The molecule has 1 atom stereocenters. The van der Waals surface area contributed by atoms with Crippen LogP contribution in [0.25, 0.3) is 0 Å². The number of fused-ring (bicyclic) bond motifs is 1. The SMILES string of the molecule is O=c1cc2c(n[nH]1)CCN(Cc1ccn(C3CC3(F)F)n1)C2. The minimum atomic E-state index is -2.61. The number of hydrogen-bond acceptors (Lipinski definition) is 4. The highest BCUT2D eigenvalue weighted by Gasteiger charge is 2.59. The number of nitrogens with one attached hydrogen (secondary N) is 1. The van der Waals surface area contributed by atoms with Crippen molar-refractivity contribution in [3.63, 3.8) is 0 Å². The summed E-state index contributed by atoms with van der Waals surface area (Å²) in [7, 11) is 0. The Balaban J connectivity index is 1.45. The van der Waals surface area contributed by atoms with E-state index in [0.29, 0.717) is 13.1 Å². The Labute approximate surface area is 124 Å². The highest BCUT2D eigenvalue weighted by Crippen LogP contribution is 2.52. The van der Waals surface area contributed by atoms with Crippen LogP contribution in [-0.2, 0) is 19.5 Å². The first kappa shape index (κ1) is 13.6. The van der Waals surface area contributed by atoms with Crippen molar-refractivity contribution in [1.29, 1.82) is 0 Å². The van der Waals surface area contributed by atoms with E-state index >= 15 is 0 Å². The molecule has 6 nitrogen and oxygen atoms in total. The van der Waals surface area contributed by atoms with Gasteiger partial charge in [0.1, 0.15) is 6.04 Å². The fraction of sp³-hybridized carbons (Fsp3) is 0.500. The van der Waals surface area contributed by atoms with Gasteiger partial charge < -0.3 is 0 Å². The first-order valence-corrected chi connectivity index (χ1v) is 7.23. The van der Waals surface area contributed by atoms with Crippen LogP contribution in [0, 0.1) is 0 Å². The molecule has 0 saturated heterocycles. The molecule has 0 bridgehead atoms. The highest BCUT2D eigenvalue weighted by atomic mass is 19.3. The van der Waals surface area contributed by atoms with E-state index in [4.69, 9.17) is 0 Å². The van der Waals surface area contributed by atoms with E-state index < -0.39 is 12.0 Å². The summed E-state index contributed by atoms with van der Waals surface area (Å²) >= 11 is 0. The topological polar surface area (TPSA) is 66.8 Å². The van der Waals surface area contributed by atoms with Crippen LogP contribution in [0.1, 0.15) is 29.4 Å². The first-order valence-electron chi connectivity index (χ1n) is 7.23. The van der Waals surface area contributed by atoms with Gasteiger partial charge in [0.05, 0.1) is 11.4 Å². The first-order chi connectivity index (χ1) is 10.5. The molecule has 3 heterocycles. The van der Waals surface area contributed by atoms with Gasteiger partial charge >= 0.3 is 0 Å². The van der Waals surface area contributed by atoms with Gasteiger partial charge in [-0.25, -0.2) is 13.9 Å². The molecule has 116 valence electrons. The van der Waals surface area contributed by atoms with Crippen molar-refractivity contribution in [1.82, 2.24) is 24.9 Å². The molecule has 1 N–H and O–H groups in total. The third kappa shape index (κ3) is 2.43. The minimum absolute atomic E-state index is 0.125. The van der Waals surface area contributed by atoms with Gasteiger partial charge in [0.15, 0.2) is 0 Å². The molecule has 22 heavy (non-hydrogen) atoms. The van der Waals surface area contributed by atoms with Crippen molar-refractivity contribution in [2.75, 3.05) is 6.54 Å². The molecule has 0 amide bonds. The molecular formula is C14H15F2N5O. The number of H-pyrrole nitrogens is 1. The van der Waals surface area contributed by atoms with Gasteiger partial charge in [-0.1, -0.05) is 0 Å². The van der Waals surface area contributed by atoms with E-state index in [1.807, 2.05) is 0 Å². The molecule has 0 radical (unpaired) electrons. The molecule has 1 aliphatic carbocycles. The second-order valence-corrected chi connectivity index (χ2v) is 5.93. The second-order valence-electron chi connectivity index (χ2n) is 5.93. The number of aromatic amines is 1. The molecule has 1 unspecified atom stereocenters. The Bertz CT molecular complexity index is 769. The Morgan fingerprint density at radius 1 is 1.45 bits per heavy atom. The van der Waals surface area contributed by atoms with Crippen LogP contribution in [0.2, 0.25) is 0 Å². The zero-order valence-corrected chi connectivity index (χ0v) is 11.8. The van der Waals surface area contributed by atoms with Crippen LogP contribution in [0.4, 0.5) is 8.78 Å². The third-order valence-electron chi connectivity index (χ3n) is 4.20. The van der Waals surface area contributed by atoms with Gasteiger partial charge in [0.25, 0.3) is 11.5 Å². The van der Waals surface area contributed by atoms with Crippen molar-refractivity contribution >= 4 is 0 Å². The van der Waals surface area contributed by atoms with Crippen molar-refractivity contribution in [2.24, 2.45) is 0 Å². The maximum atomic E-state index is 13.0. The maximum absolute atomic E-state index is 13.0. The Morgan fingerprint density at radius 2 is 2.27 bits per heavy atom. The lowest BCUT2D eigenvalue weighted by molar-refractivity contribution is 0.0981. The zero-order valence-electron chi connectivity index (χ0n) is 11.8. The largest absolute Gasteiger partial charge is 0.293 e. The van der Waals surface area contributed by atoms with Crippen molar-refractivity contribution in [3.8, 4) is 0 Å². The lowest BCUT2D eigenvalue weighted by atomic mass is 10.1. The monoisotopic (exact) mass is 307 g/mol. The molecule has 0 aromatic carbocycles. The molecule has 2 aliphatic rings. The molecule has 0 spiro atoms. The maximum Gasteiger partial charge on any atom is 0.272 e. The van der Waals surface area contributed by atoms with E-state index in [1.54, 1.807) is 18.3 Å². The lowest BCUT2D eigenvalue weighted by Crippen LogP contribution is -2.32. The zero-order chi connectivity index (χ0) is 15.3. The summed E-state index contributed by atoms with van der Waals surface area (Å²) in [6, 6.07) is 2.56. The smallest absolute Gasteiger partial charge is 0.272 e. The highest BCUT2D eigenvalue weighted by molar-refractivity contribution is 5.20. The summed E-state index contributed by atoms with van der Waals surface area (Å²) in [5.74, 6) is -2.61. The van der Waals surface area contributed by atoms with Gasteiger partial charge in [-0.15, -0.1) is 0 Å². The number of halogens is 2. The lowest BCUT2D eigenvalue weighted by Gasteiger charge is -2.26. The molecular weight excluding hydrogens is 292 g/mol. The number of aromatic nitrogens is 4. The van der Waals surface area contributed by atoms with Crippen LogP contribution in [-0.4, -0.2) is 37.3 Å². The molecule has 2 aromatic heterocycles. The normalized spacial score (nSPS) is 23.3. The molecule has 8 heteroatoms. The minimum Gasteiger partial charge on any atom is -0.293 e. The molecule has 4 rings (SSSR count). The number of hydrogen-bond donors (Lipinski definition) is 1. The van der Waals surface area contributed by atoms with E-state index in [-0.39, 0.29) is 12.0 Å². The van der Waals surface area contributed by atoms with Crippen molar-refractivity contribution in [3.05, 3.63) is 45.6 Å². The second kappa shape index (κ2) is 4.70. The average molecular weight is 307 g/mol. The predicted octanol–water partition coefficient (Wildman–Crippen LogP) is 1.10. The molecule has 1 fully saturated rings. The molecule has 2 aromatic rings. The van der Waals surface area contributed by atoms with Crippen LogP contribution >= 0.6 is 0 Å². The fourth-order valence-corrected chi connectivity index (χ4v) is 2.89. The Morgan fingerprint density at radius 3 is 3.05 bits per heavy atom. The number of alkyl halides is 2. The average Bonchev–Trinajstić information content (AvgIpc) is 2.90. The Hall–Kier alpha value is -2.09. The van der Waals surface area contributed by atoms with Gasteiger partial charge in [-0.2, -0.15) is 10.2 Å². The van der Waals surface area contributed by atoms with Crippen molar-refractivity contribution in [2.45, 2.75) is 37.9 Å². The van der Waals surface area contributed by atoms with E-state index in [2.05, 4.69) is 20.2 Å². The summed E-state index contributed by atoms with van der Waals surface area (Å²) in [6.45, 7) is 2.01. The van der Waals surface area contributed by atoms with Crippen LogP contribution in [0.5, 0.6) is 0 Å². The van der Waals surface area contributed by atoms with Crippen LogP contribution < -0.4 is 5.56 Å². The van der Waals surface area contributed by atoms with E-state index in [0.717, 1.165) is 29.9 Å². The molecule has 1 saturated carbocycles. The fourth-order valence-electron chi connectivity index (χ4n) is 2.89. The summed E-state index contributed by atoms with van der Waals surface area (Å²) in [6.07, 6.45) is 2.25. The van der Waals surface area contributed by atoms with Gasteiger partial charge in [-0.3, -0.25) is 14.4 Å². The third-order valence-corrected chi connectivity index (χ3v) is 4.20.